The van der Waals surface area contributed by atoms with Gasteiger partial charge in [-0.1, -0.05) is 13.3 Å². The molecule has 0 aromatic heterocycles. The molecule has 4 amide bonds. The van der Waals surface area contributed by atoms with Crippen LogP contribution in [0.25, 0.3) is 0 Å². The number of urea groups is 1. The fourth-order valence-electron chi connectivity index (χ4n) is 6.34. The molecule has 10 heteroatoms. The van der Waals surface area contributed by atoms with E-state index in [1.54, 1.807) is 4.90 Å². The van der Waals surface area contributed by atoms with Crippen molar-refractivity contribution in [3.8, 4) is 0 Å². The quantitative estimate of drug-likeness (QED) is 0.580. The highest BCUT2D eigenvalue weighted by molar-refractivity contribution is 5.97. The number of piperidine rings is 1. The van der Waals surface area contributed by atoms with Crippen LogP contribution in [0, 0.1) is 11.8 Å². The second-order valence-corrected chi connectivity index (χ2v) is 11.4. The molecule has 10 nitrogen and oxygen atoms in total. The maximum atomic E-state index is 13.7. The Morgan fingerprint density at radius 2 is 1.75 bits per heavy atom. The summed E-state index contributed by atoms with van der Waals surface area (Å²) in [6.45, 7) is 9.45. The first kappa shape index (κ1) is 27.3. The van der Waals surface area contributed by atoms with Crippen LogP contribution in [0.1, 0.15) is 52.4 Å². The van der Waals surface area contributed by atoms with Crippen molar-refractivity contribution >= 4 is 17.8 Å². The molecule has 204 valence electrons. The molecule has 0 radical (unpaired) electrons. The molecular formula is C26H45N5O5. The Morgan fingerprint density at radius 1 is 1.06 bits per heavy atom. The third-order valence-electron chi connectivity index (χ3n) is 9.04. The number of nitrogens with one attached hydrogen (secondary N) is 1. The van der Waals surface area contributed by atoms with E-state index in [0.717, 1.165) is 45.2 Å². The number of fused-ring (bicyclic) bond motifs is 1. The van der Waals surface area contributed by atoms with E-state index < -0.39 is 11.8 Å². The molecule has 0 aromatic rings. The van der Waals surface area contributed by atoms with Gasteiger partial charge in [0.25, 0.3) is 0 Å². The predicted molar refractivity (Wildman–Crippen MR) is 135 cm³/mol. The molecule has 3 aliphatic heterocycles. The first-order valence-electron chi connectivity index (χ1n) is 13.7. The SMILES string of the molecule is CCCCN(C(=O)NCC(=O)N1CCN(C)CC1)C(=O)[C@@H]1C[C@@H]2CC3(CC[C@]2(C)N(C)C1)OCCO3. The molecule has 1 spiro atoms. The highest BCUT2D eigenvalue weighted by Crippen LogP contribution is 2.50. The molecule has 1 saturated carbocycles. The first-order valence-corrected chi connectivity index (χ1v) is 13.7. The number of piperazine rings is 1. The van der Waals surface area contributed by atoms with Crippen LogP contribution in [-0.2, 0) is 19.1 Å². The number of likely N-dealkylation sites (N-methyl/N-ethyl adjacent to an activating group) is 1. The number of ether oxygens (including phenoxy) is 2. The van der Waals surface area contributed by atoms with Gasteiger partial charge in [0, 0.05) is 57.6 Å². The van der Waals surface area contributed by atoms with Crippen molar-refractivity contribution in [1.29, 1.82) is 0 Å². The zero-order valence-corrected chi connectivity index (χ0v) is 22.6. The predicted octanol–water partition coefficient (Wildman–Crippen LogP) is 1.35. The molecule has 3 heterocycles. The molecule has 1 aliphatic carbocycles. The van der Waals surface area contributed by atoms with Crippen LogP contribution in [-0.4, -0.2) is 122 Å². The molecule has 4 rings (SSSR count). The van der Waals surface area contributed by atoms with Crippen LogP contribution in [0.5, 0.6) is 0 Å². The Bertz CT molecular complexity index is 811. The van der Waals surface area contributed by atoms with Crippen molar-refractivity contribution in [2.45, 2.75) is 63.7 Å². The lowest BCUT2D eigenvalue weighted by molar-refractivity contribution is -0.216. The summed E-state index contributed by atoms with van der Waals surface area (Å²) in [6.07, 6.45) is 4.93. The van der Waals surface area contributed by atoms with Gasteiger partial charge in [0.05, 0.1) is 25.7 Å². The van der Waals surface area contributed by atoms with Crippen molar-refractivity contribution < 1.29 is 23.9 Å². The lowest BCUT2D eigenvalue weighted by atomic mass is 9.64. The second-order valence-electron chi connectivity index (χ2n) is 11.4. The Kier molecular flexibility index (Phi) is 8.59. The highest BCUT2D eigenvalue weighted by Gasteiger charge is 2.55. The molecule has 0 aromatic carbocycles. The van der Waals surface area contributed by atoms with E-state index in [-0.39, 0.29) is 35.7 Å². The molecule has 0 unspecified atom stereocenters. The summed E-state index contributed by atoms with van der Waals surface area (Å²) in [5.41, 5.74) is -0.0111. The van der Waals surface area contributed by atoms with Gasteiger partial charge in [-0.15, -0.1) is 0 Å². The van der Waals surface area contributed by atoms with Crippen LogP contribution in [0.2, 0.25) is 0 Å². The number of likely N-dealkylation sites (tertiary alicyclic amines) is 1. The van der Waals surface area contributed by atoms with Crippen molar-refractivity contribution in [3.63, 3.8) is 0 Å². The number of carbonyl (C=O) groups is 3. The number of rotatable bonds is 6. The molecule has 1 N–H and O–H groups in total. The zero-order chi connectivity index (χ0) is 25.9. The molecule has 4 aliphatic rings. The summed E-state index contributed by atoms with van der Waals surface area (Å²) >= 11 is 0. The summed E-state index contributed by atoms with van der Waals surface area (Å²) < 4.78 is 12.0. The van der Waals surface area contributed by atoms with Gasteiger partial charge in [-0.2, -0.15) is 0 Å². The van der Waals surface area contributed by atoms with Crippen LogP contribution < -0.4 is 5.32 Å². The standard InChI is InChI=1S/C26H45N5O5/c1-5-6-9-31(24(34)27-18-22(32)30-12-10-28(3)11-13-30)23(33)20-16-21-17-26(35-14-15-36-26)8-7-25(21,2)29(4)19-20/h20-21H,5-19H2,1-4H3,(H,27,34)/t20-,21-,25+/m1/s1. The monoisotopic (exact) mass is 507 g/mol. The maximum Gasteiger partial charge on any atom is 0.324 e. The van der Waals surface area contributed by atoms with Crippen molar-refractivity contribution in [2.24, 2.45) is 11.8 Å². The zero-order valence-electron chi connectivity index (χ0n) is 22.6. The summed E-state index contributed by atoms with van der Waals surface area (Å²) in [5.74, 6) is -0.794. The van der Waals surface area contributed by atoms with E-state index in [4.69, 9.17) is 9.47 Å². The first-order chi connectivity index (χ1) is 17.2. The van der Waals surface area contributed by atoms with Crippen LogP contribution in [0.3, 0.4) is 0 Å². The lowest BCUT2D eigenvalue weighted by Crippen LogP contribution is -2.63. The van der Waals surface area contributed by atoms with Gasteiger partial charge in [-0.05, 0) is 46.2 Å². The van der Waals surface area contributed by atoms with E-state index in [1.807, 2.05) is 14.0 Å². The van der Waals surface area contributed by atoms with Crippen molar-refractivity contribution in [1.82, 2.24) is 24.9 Å². The van der Waals surface area contributed by atoms with E-state index in [1.165, 1.54) is 4.90 Å². The van der Waals surface area contributed by atoms with Gasteiger partial charge >= 0.3 is 6.03 Å². The summed E-state index contributed by atoms with van der Waals surface area (Å²) in [6, 6.07) is -0.463. The molecular weight excluding hydrogens is 462 g/mol. The fraction of sp³-hybridized carbons (Fsp3) is 0.885. The van der Waals surface area contributed by atoms with Crippen LogP contribution >= 0.6 is 0 Å². The third kappa shape index (κ3) is 5.71. The smallest absolute Gasteiger partial charge is 0.324 e. The fourth-order valence-corrected chi connectivity index (χ4v) is 6.34. The normalized spacial score (nSPS) is 30.7. The van der Waals surface area contributed by atoms with Gasteiger partial charge in [-0.25, -0.2) is 4.79 Å². The molecule has 3 atom stereocenters. The van der Waals surface area contributed by atoms with Gasteiger partial charge in [0.2, 0.25) is 11.8 Å². The van der Waals surface area contributed by atoms with E-state index >= 15 is 0 Å². The number of imide groups is 1. The number of amides is 4. The minimum absolute atomic E-state index is 0.0111. The third-order valence-corrected chi connectivity index (χ3v) is 9.04. The number of nitrogens with zero attached hydrogens (tertiary/aromatic N) is 4. The van der Waals surface area contributed by atoms with Crippen molar-refractivity contribution in [2.75, 3.05) is 73.1 Å². The largest absolute Gasteiger partial charge is 0.348 e. The van der Waals surface area contributed by atoms with E-state index in [9.17, 15) is 14.4 Å². The minimum Gasteiger partial charge on any atom is -0.348 e. The number of carbonyl (C=O) groups excluding carboxylic acids is 3. The average Bonchev–Trinajstić information content (AvgIpc) is 3.32. The summed E-state index contributed by atoms with van der Waals surface area (Å²) in [7, 11) is 4.12. The van der Waals surface area contributed by atoms with E-state index in [0.29, 0.717) is 45.8 Å². The van der Waals surface area contributed by atoms with Gasteiger partial charge in [0.15, 0.2) is 5.79 Å². The molecule has 0 bridgehead atoms. The number of hydrogen-bond donors (Lipinski definition) is 1. The van der Waals surface area contributed by atoms with Crippen LogP contribution in [0.15, 0.2) is 0 Å². The molecule has 4 fully saturated rings. The second kappa shape index (κ2) is 11.3. The Balaban J connectivity index is 1.39. The highest BCUT2D eigenvalue weighted by atomic mass is 16.7. The number of hydrogen-bond acceptors (Lipinski definition) is 7. The van der Waals surface area contributed by atoms with Gasteiger partial charge in [-0.3, -0.25) is 19.4 Å². The van der Waals surface area contributed by atoms with Gasteiger partial charge < -0.3 is 24.6 Å². The maximum absolute atomic E-state index is 13.7. The summed E-state index contributed by atoms with van der Waals surface area (Å²) in [4.78, 5) is 47.2. The average molecular weight is 508 g/mol. The lowest BCUT2D eigenvalue weighted by Gasteiger charge is -2.56. The van der Waals surface area contributed by atoms with Gasteiger partial charge in [0.1, 0.15) is 0 Å². The molecule has 36 heavy (non-hydrogen) atoms. The molecule has 3 saturated heterocycles. The summed E-state index contributed by atoms with van der Waals surface area (Å²) in [5, 5.41) is 2.74. The Morgan fingerprint density at radius 3 is 2.42 bits per heavy atom. The van der Waals surface area contributed by atoms with E-state index in [2.05, 4.69) is 29.1 Å². The van der Waals surface area contributed by atoms with Crippen molar-refractivity contribution in [3.05, 3.63) is 0 Å². The minimum atomic E-state index is -0.515. The number of unbranched alkanes of at least 4 members (excludes halogenated alkanes) is 1. The topological polar surface area (TPSA) is 94.7 Å². The Labute approximate surface area is 215 Å². The Hall–Kier alpha value is -1.75. The van der Waals surface area contributed by atoms with Crippen LogP contribution in [0.4, 0.5) is 4.79 Å².